The Balaban J connectivity index is 2.21. The van der Waals surface area contributed by atoms with Gasteiger partial charge in [-0.3, -0.25) is 4.68 Å². The smallest absolute Gasteiger partial charge is 0.156 e. The lowest BCUT2D eigenvalue weighted by atomic mass is 10.3. The quantitative estimate of drug-likeness (QED) is 0.904. The molecule has 0 saturated carbocycles. The number of aryl methyl sites for hydroxylation is 1. The van der Waals surface area contributed by atoms with Crippen LogP contribution < -0.4 is 10.1 Å². The van der Waals surface area contributed by atoms with E-state index < -0.39 is 0 Å². The number of halogens is 2. The maximum atomic E-state index is 6.06. The van der Waals surface area contributed by atoms with Gasteiger partial charge in [0.1, 0.15) is 12.2 Å². The zero-order valence-electron chi connectivity index (χ0n) is 10.7. The molecule has 0 spiro atoms. The first-order chi connectivity index (χ1) is 9.11. The summed E-state index contributed by atoms with van der Waals surface area (Å²) in [6.07, 6.45) is 1.52. The molecule has 19 heavy (non-hydrogen) atoms. The van der Waals surface area contributed by atoms with E-state index in [0.29, 0.717) is 18.2 Å². The molecule has 0 unspecified atom stereocenters. The second-order valence-corrected chi connectivity index (χ2v) is 5.14. The molecule has 1 heterocycles. The molecule has 1 aromatic heterocycles. The molecular formula is C12H14BrClN4O. The maximum absolute atomic E-state index is 6.06. The fraction of sp³-hybridized carbons (Fsp3) is 0.333. The molecular weight excluding hydrogens is 332 g/mol. The van der Waals surface area contributed by atoms with Crippen molar-refractivity contribution in [2.45, 2.75) is 13.5 Å². The number of anilines is 1. The topological polar surface area (TPSA) is 52.0 Å². The molecule has 0 aliphatic rings. The fourth-order valence-corrected chi connectivity index (χ4v) is 2.56. The first kappa shape index (κ1) is 14.1. The van der Waals surface area contributed by atoms with E-state index in [0.717, 1.165) is 21.7 Å². The van der Waals surface area contributed by atoms with Gasteiger partial charge < -0.3 is 10.1 Å². The number of nitrogens with zero attached hydrogens (tertiary/aromatic N) is 3. The van der Waals surface area contributed by atoms with Crippen LogP contribution in [0.15, 0.2) is 22.9 Å². The summed E-state index contributed by atoms with van der Waals surface area (Å²) in [6.45, 7) is 3.07. The van der Waals surface area contributed by atoms with Crippen LogP contribution in [0.1, 0.15) is 12.7 Å². The highest BCUT2D eigenvalue weighted by molar-refractivity contribution is 9.10. The molecule has 102 valence electrons. The first-order valence-corrected chi connectivity index (χ1v) is 6.97. The lowest BCUT2D eigenvalue weighted by molar-refractivity contribution is 0.339. The summed E-state index contributed by atoms with van der Waals surface area (Å²) < 4.78 is 8.15. The maximum Gasteiger partial charge on any atom is 0.156 e. The van der Waals surface area contributed by atoms with Gasteiger partial charge in [-0.15, -0.1) is 0 Å². The number of rotatable bonds is 5. The van der Waals surface area contributed by atoms with Crippen LogP contribution in [0.2, 0.25) is 5.02 Å². The molecule has 0 atom stereocenters. The molecule has 1 aromatic carbocycles. The molecule has 0 bridgehead atoms. The Hall–Kier alpha value is -1.27. The molecule has 2 aromatic rings. The van der Waals surface area contributed by atoms with Crippen molar-refractivity contribution >= 4 is 33.2 Å². The fourth-order valence-electron chi connectivity index (χ4n) is 1.64. The second kappa shape index (κ2) is 6.25. The highest BCUT2D eigenvalue weighted by atomic mass is 79.9. The molecule has 7 heteroatoms. The van der Waals surface area contributed by atoms with Crippen molar-refractivity contribution < 1.29 is 4.74 Å². The van der Waals surface area contributed by atoms with E-state index in [9.17, 15) is 0 Å². The van der Waals surface area contributed by atoms with Crippen LogP contribution in [0.25, 0.3) is 0 Å². The van der Waals surface area contributed by atoms with E-state index in [1.165, 1.54) is 6.33 Å². The summed E-state index contributed by atoms with van der Waals surface area (Å²) in [5, 5.41) is 7.92. The third-order valence-electron chi connectivity index (χ3n) is 2.54. The van der Waals surface area contributed by atoms with Gasteiger partial charge in [0.2, 0.25) is 0 Å². The highest BCUT2D eigenvalue weighted by Gasteiger charge is 2.11. The van der Waals surface area contributed by atoms with Crippen LogP contribution in [-0.4, -0.2) is 21.4 Å². The van der Waals surface area contributed by atoms with Gasteiger partial charge in [0.15, 0.2) is 5.75 Å². The van der Waals surface area contributed by atoms with Crippen LogP contribution in [0, 0.1) is 0 Å². The van der Waals surface area contributed by atoms with E-state index in [1.54, 1.807) is 10.7 Å². The predicted molar refractivity (Wildman–Crippen MR) is 78.7 cm³/mol. The Labute approximate surface area is 125 Å². The van der Waals surface area contributed by atoms with E-state index >= 15 is 0 Å². The Morgan fingerprint density at radius 1 is 1.47 bits per heavy atom. The standard InChI is InChI=1S/C12H14BrClN4O/c1-3-19-12-9(13)4-8(14)5-10(12)15-6-11-16-7-17-18(11)2/h4-5,7,15H,3,6H2,1-2H3. The molecule has 0 saturated heterocycles. The summed E-state index contributed by atoms with van der Waals surface area (Å²) in [5.74, 6) is 1.58. The Bertz CT molecular complexity index is 573. The summed E-state index contributed by atoms with van der Waals surface area (Å²) in [7, 11) is 1.85. The summed E-state index contributed by atoms with van der Waals surface area (Å²) in [6, 6.07) is 3.63. The lowest BCUT2D eigenvalue weighted by Gasteiger charge is -2.14. The number of nitrogens with one attached hydrogen (secondary N) is 1. The van der Waals surface area contributed by atoms with Gasteiger partial charge in [-0.2, -0.15) is 5.10 Å². The summed E-state index contributed by atoms with van der Waals surface area (Å²) in [5.41, 5.74) is 0.823. The zero-order chi connectivity index (χ0) is 13.8. The minimum Gasteiger partial charge on any atom is -0.491 e. The molecule has 0 fully saturated rings. The molecule has 0 aliphatic carbocycles. The minimum atomic E-state index is 0.545. The molecule has 1 N–H and O–H groups in total. The van der Waals surface area contributed by atoms with E-state index in [2.05, 4.69) is 31.3 Å². The van der Waals surface area contributed by atoms with Crippen molar-refractivity contribution in [3.63, 3.8) is 0 Å². The van der Waals surface area contributed by atoms with Gasteiger partial charge in [-0.25, -0.2) is 4.98 Å². The van der Waals surface area contributed by atoms with Crippen molar-refractivity contribution in [1.29, 1.82) is 0 Å². The zero-order valence-corrected chi connectivity index (χ0v) is 13.0. The molecule has 0 aliphatic heterocycles. The largest absolute Gasteiger partial charge is 0.491 e. The molecule has 0 amide bonds. The Morgan fingerprint density at radius 3 is 2.89 bits per heavy atom. The van der Waals surface area contributed by atoms with Crippen molar-refractivity contribution in [2.75, 3.05) is 11.9 Å². The summed E-state index contributed by atoms with van der Waals surface area (Å²) in [4.78, 5) is 4.16. The van der Waals surface area contributed by atoms with E-state index in [1.807, 2.05) is 20.0 Å². The van der Waals surface area contributed by atoms with Gasteiger partial charge in [-0.05, 0) is 35.0 Å². The average molecular weight is 346 g/mol. The van der Waals surface area contributed by atoms with Crippen LogP contribution in [0.4, 0.5) is 5.69 Å². The SMILES string of the molecule is CCOc1c(Br)cc(Cl)cc1NCc1ncnn1C. The summed E-state index contributed by atoms with van der Waals surface area (Å²) >= 11 is 9.50. The van der Waals surface area contributed by atoms with Crippen molar-refractivity contribution in [2.24, 2.45) is 7.05 Å². The van der Waals surface area contributed by atoms with Crippen LogP contribution in [0.5, 0.6) is 5.75 Å². The number of aromatic nitrogens is 3. The van der Waals surface area contributed by atoms with Gasteiger partial charge in [0, 0.05) is 12.1 Å². The number of benzene rings is 1. The first-order valence-electron chi connectivity index (χ1n) is 5.80. The van der Waals surface area contributed by atoms with Gasteiger partial charge in [-0.1, -0.05) is 11.6 Å². The molecule has 5 nitrogen and oxygen atoms in total. The van der Waals surface area contributed by atoms with Crippen molar-refractivity contribution in [3.05, 3.63) is 33.8 Å². The second-order valence-electron chi connectivity index (χ2n) is 3.85. The predicted octanol–water partition coefficient (Wildman–Crippen LogP) is 3.24. The Kier molecular flexibility index (Phi) is 4.66. The third kappa shape index (κ3) is 3.39. The van der Waals surface area contributed by atoms with Gasteiger partial charge in [0.25, 0.3) is 0 Å². The lowest BCUT2D eigenvalue weighted by Crippen LogP contribution is -2.08. The number of hydrogen-bond donors (Lipinski definition) is 1. The van der Waals surface area contributed by atoms with Gasteiger partial charge >= 0.3 is 0 Å². The number of ether oxygens (including phenoxy) is 1. The van der Waals surface area contributed by atoms with E-state index in [4.69, 9.17) is 16.3 Å². The molecule has 2 rings (SSSR count). The average Bonchev–Trinajstić information content (AvgIpc) is 2.76. The van der Waals surface area contributed by atoms with Crippen molar-refractivity contribution in [3.8, 4) is 5.75 Å². The minimum absolute atomic E-state index is 0.545. The number of hydrogen-bond acceptors (Lipinski definition) is 4. The highest BCUT2D eigenvalue weighted by Crippen LogP contribution is 2.36. The Morgan fingerprint density at radius 2 is 2.26 bits per heavy atom. The van der Waals surface area contributed by atoms with Crippen molar-refractivity contribution in [1.82, 2.24) is 14.8 Å². The van der Waals surface area contributed by atoms with Crippen LogP contribution in [-0.2, 0) is 13.6 Å². The molecule has 0 radical (unpaired) electrons. The monoisotopic (exact) mass is 344 g/mol. The van der Waals surface area contributed by atoms with Crippen LogP contribution in [0.3, 0.4) is 0 Å². The van der Waals surface area contributed by atoms with Crippen LogP contribution >= 0.6 is 27.5 Å². The normalized spacial score (nSPS) is 10.5. The van der Waals surface area contributed by atoms with Gasteiger partial charge in [0.05, 0.1) is 23.3 Å². The van der Waals surface area contributed by atoms with E-state index in [-0.39, 0.29) is 0 Å². The third-order valence-corrected chi connectivity index (χ3v) is 3.35.